The Morgan fingerprint density at radius 3 is 2.50 bits per heavy atom. The summed E-state index contributed by atoms with van der Waals surface area (Å²) in [7, 11) is -5.15. The second-order valence-corrected chi connectivity index (χ2v) is 5.30. The van der Waals surface area contributed by atoms with Gasteiger partial charge in [0.05, 0.1) is 0 Å². The molecule has 112 valence electrons. The van der Waals surface area contributed by atoms with Gasteiger partial charge in [0.25, 0.3) is 0 Å². The van der Waals surface area contributed by atoms with E-state index in [4.69, 9.17) is 4.42 Å². The van der Waals surface area contributed by atoms with Crippen LogP contribution in [0.5, 0.6) is 5.75 Å². The predicted molar refractivity (Wildman–Crippen MR) is 76.4 cm³/mol. The van der Waals surface area contributed by atoms with Crippen LogP contribution in [0.2, 0.25) is 0 Å². The Labute approximate surface area is 124 Å². The molecule has 2 heterocycles. The van der Waals surface area contributed by atoms with Gasteiger partial charge >= 0.3 is 16.1 Å². The van der Waals surface area contributed by atoms with Crippen molar-refractivity contribution in [1.29, 1.82) is 0 Å². The van der Waals surface area contributed by atoms with E-state index in [-0.39, 0.29) is 11.3 Å². The van der Waals surface area contributed by atoms with E-state index in [0.717, 1.165) is 11.6 Å². The van der Waals surface area contributed by atoms with Gasteiger partial charge in [0, 0.05) is 29.9 Å². The Bertz CT molecular complexity index is 999. The molecule has 3 aromatic rings. The smallest absolute Gasteiger partial charge is 0.423 e. The summed E-state index contributed by atoms with van der Waals surface area (Å²) < 4.78 is 42.7. The van der Waals surface area contributed by atoms with Crippen LogP contribution in [0.1, 0.15) is 0 Å². The van der Waals surface area contributed by atoms with E-state index in [1.807, 2.05) is 0 Å². The molecule has 1 aromatic carbocycles. The Kier molecular flexibility index (Phi) is 3.38. The molecule has 0 atom stereocenters. The van der Waals surface area contributed by atoms with Crippen LogP contribution in [0.15, 0.2) is 58.0 Å². The summed E-state index contributed by atoms with van der Waals surface area (Å²) in [4.78, 5) is 15.6. The highest BCUT2D eigenvalue weighted by Crippen LogP contribution is 2.29. The molecule has 0 amide bonds. The molecule has 0 N–H and O–H groups in total. The molecule has 0 saturated heterocycles. The molecule has 2 aromatic heterocycles. The van der Waals surface area contributed by atoms with Crippen LogP contribution in [-0.4, -0.2) is 13.4 Å². The van der Waals surface area contributed by atoms with Crippen molar-refractivity contribution in [3.63, 3.8) is 0 Å². The maximum atomic E-state index is 12.5. The molecule has 0 fully saturated rings. The molecule has 0 aliphatic carbocycles. The summed E-state index contributed by atoms with van der Waals surface area (Å²) in [6.45, 7) is 0. The first kappa shape index (κ1) is 14.2. The minimum atomic E-state index is -5.15. The summed E-state index contributed by atoms with van der Waals surface area (Å²) in [5.74, 6) is -0.287. The third kappa shape index (κ3) is 2.96. The largest absolute Gasteiger partial charge is 0.488 e. The maximum Gasteiger partial charge on any atom is 0.488 e. The van der Waals surface area contributed by atoms with Gasteiger partial charge < -0.3 is 8.60 Å². The number of benzene rings is 1. The van der Waals surface area contributed by atoms with Crippen molar-refractivity contribution < 1.29 is 20.9 Å². The summed E-state index contributed by atoms with van der Waals surface area (Å²) in [6, 6.07) is 8.62. The first-order valence-corrected chi connectivity index (χ1v) is 7.36. The molecule has 0 saturated carbocycles. The number of halogens is 1. The molecule has 0 bridgehead atoms. The number of hydrogen-bond acceptors (Lipinski definition) is 6. The minimum Gasteiger partial charge on any atom is -0.423 e. The van der Waals surface area contributed by atoms with Gasteiger partial charge in [-0.1, -0.05) is 3.89 Å². The summed E-state index contributed by atoms with van der Waals surface area (Å²) >= 11 is 0. The van der Waals surface area contributed by atoms with Crippen molar-refractivity contribution in [3.05, 3.63) is 59.2 Å². The number of fused-ring (bicyclic) bond motifs is 1. The highest BCUT2D eigenvalue weighted by atomic mass is 32.3. The number of hydrogen-bond donors (Lipinski definition) is 0. The van der Waals surface area contributed by atoms with Crippen LogP contribution in [0.25, 0.3) is 22.1 Å². The Morgan fingerprint density at radius 2 is 1.82 bits per heavy atom. The highest BCUT2D eigenvalue weighted by Gasteiger charge is 2.13. The van der Waals surface area contributed by atoms with Crippen LogP contribution < -0.4 is 9.81 Å². The normalized spacial score (nSPS) is 11.5. The highest BCUT2D eigenvalue weighted by molar-refractivity contribution is 7.81. The first-order chi connectivity index (χ1) is 10.4. The van der Waals surface area contributed by atoms with Crippen LogP contribution in [0.3, 0.4) is 0 Å². The fourth-order valence-electron chi connectivity index (χ4n) is 2.08. The average molecular weight is 321 g/mol. The molecule has 8 heteroatoms. The van der Waals surface area contributed by atoms with Gasteiger partial charge in [0.15, 0.2) is 0 Å². The maximum absolute atomic E-state index is 12.5. The molecule has 0 aliphatic rings. The van der Waals surface area contributed by atoms with Crippen molar-refractivity contribution in [1.82, 2.24) is 4.98 Å². The van der Waals surface area contributed by atoms with Crippen molar-refractivity contribution >= 4 is 21.5 Å². The average Bonchev–Trinajstić information content (AvgIpc) is 2.45. The molecule has 0 aliphatic heterocycles. The van der Waals surface area contributed by atoms with Crippen molar-refractivity contribution in [2.45, 2.75) is 0 Å². The summed E-state index contributed by atoms with van der Waals surface area (Å²) in [5, 5.41) is 0.550. The van der Waals surface area contributed by atoms with Crippen LogP contribution in [0.4, 0.5) is 3.89 Å². The van der Waals surface area contributed by atoms with Gasteiger partial charge in [-0.3, -0.25) is 4.98 Å². The third-order valence-corrected chi connectivity index (χ3v) is 3.29. The summed E-state index contributed by atoms with van der Waals surface area (Å²) in [6.07, 6.45) is 3.14. The molecule has 6 nitrogen and oxygen atoms in total. The molecule has 0 unspecified atom stereocenters. The van der Waals surface area contributed by atoms with E-state index in [9.17, 15) is 17.1 Å². The Hall–Kier alpha value is -2.74. The van der Waals surface area contributed by atoms with E-state index in [2.05, 4.69) is 9.17 Å². The lowest BCUT2D eigenvalue weighted by Gasteiger charge is -2.06. The number of aromatic nitrogens is 1. The van der Waals surface area contributed by atoms with Gasteiger partial charge in [-0.15, -0.1) is 0 Å². The van der Waals surface area contributed by atoms with Gasteiger partial charge in [0.2, 0.25) is 0 Å². The SMILES string of the molecule is O=c1cc(-c2ccncc2)c2ccc(OS(=O)(=O)F)cc2o1. The quantitative estimate of drug-likeness (QED) is 0.544. The molecule has 22 heavy (non-hydrogen) atoms. The fourth-order valence-corrected chi connectivity index (χ4v) is 2.41. The van der Waals surface area contributed by atoms with E-state index < -0.39 is 16.1 Å². The van der Waals surface area contributed by atoms with Gasteiger partial charge in [-0.25, -0.2) is 4.79 Å². The lowest BCUT2D eigenvalue weighted by Crippen LogP contribution is -2.02. The van der Waals surface area contributed by atoms with Gasteiger partial charge in [-0.05, 0) is 35.4 Å². The van der Waals surface area contributed by atoms with Gasteiger partial charge in [0.1, 0.15) is 11.3 Å². The number of nitrogens with zero attached hydrogens (tertiary/aromatic N) is 1. The Balaban J connectivity index is 2.22. The fraction of sp³-hybridized carbons (Fsp3) is 0. The minimum absolute atomic E-state index is 0.0838. The van der Waals surface area contributed by atoms with Crippen molar-refractivity contribution in [3.8, 4) is 16.9 Å². The monoisotopic (exact) mass is 321 g/mol. The van der Waals surface area contributed by atoms with Crippen molar-refractivity contribution in [2.24, 2.45) is 0 Å². The van der Waals surface area contributed by atoms with E-state index in [0.29, 0.717) is 10.9 Å². The zero-order valence-electron chi connectivity index (χ0n) is 10.9. The topological polar surface area (TPSA) is 86.5 Å². The lowest BCUT2D eigenvalue weighted by atomic mass is 10.0. The molecule has 0 spiro atoms. The first-order valence-electron chi connectivity index (χ1n) is 6.05. The molecular formula is C14H8FNO5S. The zero-order valence-corrected chi connectivity index (χ0v) is 11.7. The van der Waals surface area contributed by atoms with E-state index >= 15 is 0 Å². The predicted octanol–water partition coefficient (Wildman–Crippen LogP) is 2.45. The third-order valence-electron chi connectivity index (χ3n) is 2.90. The van der Waals surface area contributed by atoms with E-state index in [1.165, 1.54) is 18.2 Å². The zero-order chi connectivity index (χ0) is 15.7. The number of pyridine rings is 1. The second-order valence-electron chi connectivity index (χ2n) is 4.35. The van der Waals surface area contributed by atoms with Crippen molar-refractivity contribution in [2.75, 3.05) is 0 Å². The van der Waals surface area contributed by atoms with Gasteiger partial charge in [-0.2, -0.15) is 8.42 Å². The number of rotatable bonds is 3. The van der Waals surface area contributed by atoms with Crippen LogP contribution in [-0.2, 0) is 10.5 Å². The molecular weight excluding hydrogens is 313 g/mol. The van der Waals surface area contributed by atoms with E-state index in [1.54, 1.807) is 24.5 Å². The Morgan fingerprint density at radius 1 is 1.09 bits per heavy atom. The molecule has 3 rings (SSSR count). The lowest BCUT2D eigenvalue weighted by molar-refractivity contribution is 0.440. The summed E-state index contributed by atoms with van der Waals surface area (Å²) in [5.41, 5.74) is 0.781. The van der Waals surface area contributed by atoms with Crippen LogP contribution in [0, 0.1) is 0 Å². The standard InChI is InChI=1S/C14H8FNO5S/c15-22(18,19)21-10-1-2-11-12(9-3-5-16-6-4-9)8-14(17)20-13(11)7-10/h1-8H. The van der Waals surface area contributed by atoms with Crippen LogP contribution >= 0.6 is 0 Å². The second kappa shape index (κ2) is 5.23. The molecule has 0 radical (unpaired) electrons.